The van der Waals surface area contributed by atoms with Crippen molar-refractivity contribution in [2.45, 2.75) is 31.0 Å². The number of allylic oxidation sites excluding steroid dienone is 1. The summed E-state index contributed by atoms with van der Waals surface area (Å²) >= 11 is 0. The lowest BCUT2D eigenvalue weighted by Gasteiger charge is -2.32. The van der Waals surface area contributed by atoms with Gasteiger partial charge >= 0.3 is 0 Å². The number of rotatable bonds is 7. The Balaban J connectivity index is 1.57. The number of aliphatic imine (C=N–C) groups is 1. The van der Waals surface area contributed by atoms with Gasteiger partial charge in [-0.25, -0.2) is 0 Å². The third kappa shape index (κ3) is 4.72. The van der Waals surface area contributed by atoms with Crippen LogP contribution in [0.4, 0.5) is 0 Å². The lowest BCUT2D eigenvalue weighted by atomic mass is 9.86. The van der Waals surface area contributed by atoms with Gasteiger partial charge in [-0.05, 0) is 61.3 Å². The normalized spacial score (nSPS) is 24.1. The Morgan fingerprint density at radius 2 is 2.03 bits per heavy atom. The van der Waals surface area contributed by atoms with E-state index < -0.39 is 11.7 Å². The van der Waals surface area contributed by atoms with E-state index >= 15 is 0 Å². The van der Waals surface area contributed by atoms with Crippen LogP contribution in [0.25, 0.3) is 11.1 Å². The van der Waals surface area contributed by atoms with Crippen LogP contribution in [-0.4, -0.2) is 54.0 Å². The molecule has 152 valence electrons. The highest BCUT2D eigenvalue weighted by Crippen LogP contribution is 2.30. The Labute approximate surface area is 172 Å². The fourth-order valence-corrected chi connectivity index (χ4v) is 3.96. The second kappa shape index (κ2) is 8.86. The molecule has 2 unspecified atom stereocenters. The molecular weight excluding hydrogens is 362 g/mol. The number of hydrogen-bond donors (Lipinski definition) is 2. The molecule has 1 aromatic heterocycles. The predicted octanol–water partition coefficient (Wildman–Crippen LogP) is 2.39. The molecule has 1 fully saturated rings. The first-order chi connectivity index (χ1) is 14.1. The smallest absolute Gasteiger partial charge is 0.122 e. The molecule has 2 aliphatic heterocycles. The molecule has 0 spiro atoms. The fourth-order valence-electron chi connectivity index (χ4n) is 3.96. The van der Waals surface area contributed by atoms with Crippen LogP contribution in [0.15, 0.2) is 59.9 Å². The minimum absolute atomic E-state index is 0.480. The molecular formula is C23H29N5O. The molecule has 1 aromatic carbocycles. The van der Waals surface area contributed by atoms with Crippen LogP contribution in [0.5, 0.6) is 5.75 Å². The number of nitrogens with two attached hydrogens (primary N) is 2. The number of pyridine rings is 1. The zero-order chi connectivity index (χ0) is 20.1. The second-order valence-electron chi connectivity index (χ2n) is 7.85. The summed E-state index contributed by atoms with van der Waals surface area (Å²) in [6, 6.07) is 10.2. The Kier molecular flexibility index (Phi) is 6.04. The highest BCUT2D eigenvalue weighted by molar-refractivity contribution is 5.73. The van der Waals surface area contributed by atoms with E-state index in [9.17, 15) is 0 Å². The standard InChI is InChI=1S/C23H29N5O/c24-22-23(25,8-4-10-27-22)16-20-15-18(19-5-3-9-26-17-19)6-7-21(20)29-14-13-28-11-1-2-12-28/h3-10,15,17,22H,1-2,11-14,16,24-25H2. The largest absolute Gasteiger partial charge is 0.492 e. The number of ether oxygens (including phenoxy) is 1. The van der Waals surface area contributed by atoms with E-state index in [1.165, 1.54) is 25.9 Å². The van der Waals surface area contributed by atoms with Gasteiger partial charge in [0, 0.05) is 37.1 Å². The monoisotopic (exact) mass is 391 g/mol. The lowest BCUT2D eigenvalue weighted by molar-refractivity contribution is 0.235. The van der Waals surface area contributed by atoms with Gasteiger partial charge in [-0.1, -0.05) is 18.2 Å². The van der Waals surface area contributed by atoms with Gasteiger partial charge in [-0.2, -0.15) is 0 Å². The second-order valence-corrected chi connectivity index (χ2v) is 7.85. The average Bonchev–Trinajstić information content (AvgIpc) is 3.26. The number of nitrogens with zero attached hydrogens (tertiary/aromatic N) is 3. The highest BCUT2D eigenvalue weighted by atomic mass is 16.5. The fraction of sp³-hybridized carbons (Fsp3) is 0.391. The van der Waals surface area contributed by atoms with Gasteiger partial charge in [0.2, 0.25) is 0 Å². The van der Waals surface area contributed by atoms with Crippen LogP contribution in [-0.2, 0) is 6.42 Å². The summed E-state index contributed by atoms with van der Waals surface area (Å²) in [6.07, 6.45) is 11.8. The van der Waals surface area contributed by atoms with Crippen molar-refractivity contribution >= 4 is 6.21 Å². The summed E-state index contributed by atoms with van der Waals surface area (Å²) in [5.41, 5.74) is 15.3. The zero-order valence-corrected chi connectivity index (χ0v) is 16.7. The van der Waals surface area contributed by atoms with Gasteiger partial charge < -0.3 is 16.2 Å². The first kappa shape index (κ1) is 19.8. The molecule has 0 radical (unpaired) electrons. The summed E-state index contributed by atoms with van der Waals surface area (Å²) in [5.74, 6) is 0.858. The number of hydrogen-bond acceptors (Lipinski definition) is 6. The number of aromatic nitrogens is 1. The summed E-state index contributed by atoms with van der Waals surface area (Å²) in [5, 5.41) is 0. The minimum atomic E-state index is -0.741. The molecule has 0 amide bonds. The van der Waals surface area contributed by atoms with Crippen molar-refractivity contribution in [2.75, 3.05) is 26.2 Å². The summed E-state index contributed by atoms with van der Waals surface area (Å²) in [4.78, 5) is 11.0. The van der Waals surface area contributed by atoms with Crippen LogP contribution < -0.4 is 16.2 Å². The van der Waals surface area contributed by atoms with Gasteiger partial charge in [0.25, 0.3) is 0 Å². The van der Waals surface area contributed by atoms with E-state index in [0.717, 1.165) is 29.0 Å². The Bertz CT molecular complexity index is 876. The third-order valence-electron chi connectivity index (χ3n) is 5.71. The third-order valence-corrected chi connectivity index (χ3v) is 5.71. The summed E-state index contributed by atoms with van der Waals surface area (Å²) in [7, 11) is 0. The maximum absolute atomic E-state index is 6.62. The first-order valence-electron chi connectivity index (χ1n) is 10.3. The molecule has 0 saturated carbocycles. The van der Waals surface area contributed by atoms with Crippen molar-refractivity contribution in [1.82, 2.24) is 9.88 Å². The zero-order valence-electron chi connectivity index (χ0n) is 16.7. The minimum Gasteiger partial charge on any atom is -0.492 e. The van der Waals surface area contributed by atoms with E-state index in [1.807, 2.05) is 30.5 Å². The van der Waals surface area contributed by atoms with Crippen LogP contribution >= 0.6 is 0 Å². The maximum atomic E-state index is 6.62. The van der Waals surface area contributed by atoms with Gasteiger partial charge in [0.1, 0.15) is 18.5 Å². The van der Waals surface area contributed by atoms with Gasteiger partial charge in [0.15, 0.2) is 0 Å². The predicted molar refractivity (Wildman–Crippen MR) is 117 cm³/mol. The summed E-state index contributed by atoms with van der Waals surface area (Å²) in [6.45, 7) is 3.94. The number of likely N-dealkylation sites (tertiary alicyclic amines) is 1. The molecule has 6 heteroatoms. The van der Waals surface area contributed by atoms with Crippen molar-refractivity contribution in [3.8, 4) is 16.9 Å². The Morgan fingerprint density at radius 3 is 2.79 bits per heavy atom. The van der Waals surface area contributed by atoms with Gasteiger partial charge in [-0.3, -0.25) is 14.9 Å². The molecule has 29 heavy (non-hydrogen) atoms. The maximum Gasteiger partial charge on any atom is 0.122 e. The van der Waals surface area contributed by atoms with E-state index in [0.29, 0.717) is 13.0 Å². The van der Waals surface area contributed by atoms with Crippen LogP contribution in [0.1, 0.15) is 18.4 Å². The molecule has 2 aromatic rings. The molecule has 2 aliphatic rings. The molecule has 0 aliphatic carbocycles. The van der Waals surface area contributed by atoms with E-state index in [2.05, 4.69) is 33.1 Å². The topological polar surface area (TPSA) is 89.8 Å². The van der Waals surface area contributed by atoms with Crippen molar-refractivity contribution < 1.29 is 4.74 Å². The van der Waals surface area contributed by atoms with Crippen molar-refractivity contribution in [2.24, 2.45) is 16.5 Å². The van der Waals surface area contributed by atoms with Gasteiger partial charge in [-0.15, -0.1) is 0 Å². The molecule has 1 saturated heterocycles. The molecule has 0 bridgehead atoms. The highest BCUT2D eigenvalue weighted by Gasteiger charge is 2.32. The van der Waals surface area contributed by atoms with E-state index in [4.69, 9.17) is 16.2 Å². The van der Waals surface area contributed by atoms with Gasteiger partial charge in [0.05, 0.1) is 5.54 Å². The SMILES string of the molecule is NC1N=CC=CC1(N)Cc1cc(-c2cccnc2)ccc1OCCN1CCCC1. The van der Waals surface area contributed by atoms with E-state index in [-0.39, 0.29) is 0 Å². The average molecular weight is 392 g/mol. The molecule has 3 heterocycles. The van der Waals surface area contributed by atoms with Crippen LogP contribution in [0, 0.1) is 0 Å². The first-order valence-corrected chi connectivity index (χ1v) is 10.3. The Morgan fingerprint density at radius 1 is 1.17 bits per heavy atom. The van der Waals surface area contributed by atoms with Crippen molar-refractivity contribution in [3.63, 3.8) is 0 Å². The molecule has 6 nitrogen and oxygen atoms in total. The molecule has 4 N–H and O–H groups in total. The van der Waals surface area contributed by atoms with Crippen LogP contribution in [0.3, 0.4) is 0 Å². The molecule has 2 atom stereocenters. The van der Waals surface area contributed by atoms with E-state index in [1.54, 1.807) is 12.4 Å². The Hall–Kier alpha value is -2.54. The summed E-state index contributed by atoms with van der Waals surface area (Å²) < 4.78 is 6.20. The lowest BCUT2D eigenvalue weighted by Crippen LogP contribution is -2.55. The quantitative estimate of drug-likeness (QED) is 0.756. The van der Waals surface area contributed by atoms with Crippen LogP contribution in [0.2, 0.25) is 0 Å². The van der Waals surface area contributed by atoms with Crippen molar-refractivity contribution in [3.05, 3.63) is 60.4 Å². The number of benzene rings is 1. The van der Waals surface area contributed by atoms with Crippen molar-refractivity contribution in [1.29, 1.82) is 0 Å². The molecule has 4 rings (SSSR count). The number of dihydropyridines is 1.